The van der Waals surface area contributed by atoms with Gasteiger partial charge in [0.05, 0.1) is 10.8 Å². The highest BCUT2D eigenvalue weighted by atomic mass is 32.1. The molecule has 3 rings (SSSR count). The molecule has 0 aliphatic rings. The Balaban J connectivity index is 2.67. The molecule has 0 atom stereocenters. The molecule has 102 valence electrons. The molecular formula is C17H20N2S+2. The van der Waals surface area contributed by atoms with E-state index in [9.17, 15) is 0 Å². The SMILES string of the molecule is Cc1c[n+](C)c2c(ccc3c(C)c(C)c[n+](S)c32)c1C. The molecule has 0 amide bonds. The lowest BCUT2D eigenvalue weighted by molar-refractivity contribution is -0.646. The average Bonchev–Trinajstić information content (AvgIpc) is 2.41. The second-order valence-corrected chi connectivity index (χ2v) is 6.12. The van der Waals surface area contributed by atoms with Crippen LogP contribution < -0.4 is 8.54 Å². The van der Waals surface area contributed by atoms with Crippen LogP contribution in [0.25, 0.3) is 21.8 Å². The van der Waals surface area contributed by atoms with Crippen LogP contribution in [0, 0.1) is 27.7 Å². The molecule has 1 aromatic carbocycles. The molecule has 2 aromatic heterocycles. The number of fused-ring (bicyclic) bond motifs is 3. The minimum atomic E-state index is 1.18. The molecule has 3 aromatic rings. The Morgan fingerprint density at radius 1 is 0.800 bits per heavy atom. The maximum atomic E-state index is 4.65. The Labute approximate surface area is 125 Å². The molecule has 0 radical (unpaired) electrons. The van der Waals surface area contributed by atoms with Gasteiger partial charge in [-0.15, -0.1) is 3.97 Å². The van der Waals surface area contributed by atoms with Crippen molar-refractivity contribution >= 4 is 34.6 Å². The number of benzene rings is 1. The summed E-state index contributed by atoms with van der Waals surface area (Å²) in [5.41, 5.74) is 7.66. The lowest BCUT2D eigenvalue weighted by atomic mass is 10.00. The van der Waals surface area contributed by atoms with Gasteiger partial charge in [-0.05, 0) is 51.0 Å². The van der Waals surface area contributed by atoms with Gasteiger partial charge in [-0.2, -0.15) is 4.57 Å². The van der Waals surface area contributed by atoms with Gasteiger partial charge in [0, 0.05) is 11.1 Å². The lowest BCUT2D eigenvalue weighted by Gasteiger charge is -2.07. The first-order valence-electron chi connectivity index (χ1n) is 6.85. The van der Waals surface area contributed by atoms with Crippen LogP contribution in [0.2, 0.25) is 0 Å². The van der Waals surface area contributed by atoms with Gasteiger partial charge in [-0.3, -0.25) is 0 Å². The van der Waals surface area contributed by atoms with Crippen LogP contribution in [0.4, 0.5) is 0 Å². The maximum absolute atomic E-state index is 4.65. The molecule has 0 unspecified atom stereocenters. The van der Waals surface area contributed by atoms with E-state index < -0.39 is 0 Å². The maximum Gasteiger partial charge on any atom is 0.298 e. The van der Waals surface area contributed by atoms with E-state index in [4.69, 9.17) is 0 Å². The van der Waals surface area contributed by atoms with Crippen molar-refractivity contribution in [3.8, 4) is 0 Å². The van der Waals surface area contributed by atoms with E-state index in [-0.39, 0.29) is 0 Å². The third-order valence-corrected chi connectivity index (χ3v) is 4.74. The van der Waals surface area contributed by atoms with Crippen molar-refractivity contribution in [3.05, 3.63) is 46.8 Å². The highest BCUT2D eigenvalue weighted by Crippen LogP contribution is 2.27. The average molecular weight is 284 g/mol. The monoisotopic (exact) mass is 284 g/mol. The summed E-state index contributed by atoms with van der Waals surface area (Å²) in [6.07, 6.45) is 4.29. The summed E-state index contributed by atoms with van der Waals surface area (Å²) >= 11 is 4.65. The summed E-state index contributed by atoms with van der Waals surface area (Å²) in [5, 5.41) is 2.57. The Hall–Kier alpha value is -1.61. The third-order valence-electron chi connectivity index (χ3n) is 4.43. The predicted molar refractivity (Wildman–Crippen MR) is 86.2 cm³/mol. The van der Waals surface area contributed by atoms with E-state index in [1.807, 2.05) is 3.97 Å². The van der Waals surface area contributed by atoms with Crippen molar-refractivity contribution < 1.29 is 8.54 Å². The van der Waals surface area contributed by atoms with Crippen LogP contribution in [0.1, 0.15) is 22.3 Å². The van der Waals surface area contributed by atoms with Gasteiger partial charge in [0.2, 0.25) is 0 Å². The molecular weight excluding hydrogens is 264 g/mol. The van der Waals surface area contributed by atoms with Gasteiger partial charge in [0.15, 0.2) is 12.4 Å². The van der Waals surface area contributed by atoms with Crippen molar-refractivity contribution in [1.82, 2.24) is 0 Å². The molecule has 0 saturated heterocycles. The Bertz CT molecular complexity index is 794. The molecule has 2 heterocycles. The molecule has 0 spiro atoms. The fraction of sp³-hybridized carbons (Fsp3) is 0.294. The van der Waals surface area contributed by atoms with Gasteiger partial charge < -0.3 is 0 Å². The second-order valence-electron chi connectivity index (χ2n) is 5.69. The highest BCUT2D eigenvalue weighted by molar-refractivity contribution is 7.73. The van der Waals surface area contributed by atoms with Crippen molar-refractivity contribution in [3.63, 3.8) is 0 Å². The van der Waals surface area contributed by atoms with E-state index in [0.717, 1.165) is 0 Å². The first kappa shape index (κ1) is 13.4. The smallest absolute Gasteiger partial charge is 0.195 e. The van der Waals surface area contributed by atoms with E-state index in [1.54, 1.807) is 0 Å². The number of hydrogen-bond acceptors (Lipinski definition) is 1. The molecule has 0 fully saturated rings. The molecule has 20 heavy (non-hydrogen) atoms. The van der Waals surface area contributed by atoms with Gasteiger partial charge in [0.1, 0.15) is 19.9 Å². The Morgan fingerprint density at radius 2 is 1.30 bits per heavy atom. The summed E-state index contributed by atoms with van der Waals surface area (Å²) in [4.78, 5) is 0. The molecule has 0 saturated carbocycles. The molecule has 3 heteroatoms. The molecule has 2 nitrogen and oxygen atoms in total. The summed E-state index contributed by atoms with van der Waals surface area (Å²) in [6, 6.07) is 4.46. The number of pyridine rings is 2. The predicted octanol–water partition coefficient (Wildman–Crippen LogP) is 3.03. The molecule has 0 bridgehead atoms. The molecule has 0 aliphatic carbocycles. The van der Waals surface area contributed by atoms with Crippen LogP contribution in [0.15, 0.2) is 24.5 Å². The van der Waals surface area contributed by atoms with E-state index in [0.29, 0.717) is 0 Å². The summed E-state index contributed by atoms with van der Waals surface area (Å²) in [7, 11) is 2.11. The molecule has 0 aliphatic heterocycles. The summed E-state index contributed by atoms with van der Waals surface area (Å²) in [5.74, 6) is 0. The molecule has 0 N–H and O–H groups in total. The number of hydrogen-bond donors (Lipinski definition) is 1. The van der Waals surface area contributed by atoms with Crippen LogP contribution >= 0.6 is 12.8 Å². The Kier molecular flexibility index (Phi) is 2.98. The zero-order valence-corrected chi connectivity index (χ0v) is 13.5. The second kappa shape index (κ2) is 4.45. The first-order chi connectivity index (χ1) is 9.41. The normalized spacial score (nSPS) is 11.5. The van der Waals surface area contributed by atoms with Crippen molar-refractivity contribution in [1.29, 1.82) is 0 Å². The number of aromatic nitrogens is 2. The number of rotatable bonds is 0. The fourth-order valence-electron chi connectivity index (χ4n) is 3.00. The van der Waals surface area contributed by atoms with Crippen LogP contribution in [0.5, 0.6) is 0 Å². The van der Waals surface area contributed by atoms with Crippen LogP contribution in [-0.4, -0.2) is 0 Å². The highest BCUT2D eigenvalue weighted by Gasteiger charge is 2.23. The summed E-state index contributed by atoms with van der Waals surface area (Å²) < 4.78 is 4.16. The van der Waals surface area contributed by atoms with Crippen LogP contribution in [-0.2, 0) is 7.05 Å². The van der Waals surface area contributed by atoms with Gasteiger partial charge >= 0.3 is 0 Å². The first-order valence-corrected chi connectivity index (χ1v) is 7.25. The van der Waals surface area contributed by atoms with E-state index in [2.05, 4.69) is 76.7 Å². The Morgan fingerprint density at radius 3 is 1.90 bits per heavy atom. The minimum absolute atomic E-state index is 1.18. The van der Waals surface area contributed by atoms with E-state index in [1.165, 1.54) is 44.1 Å². The van der Waals surface area contributed by atoms with Crippen molar-refractivity contribution in [2.45, 2.75) is 27.7 Å². The van der Waals surface area contributed by atoms with Crippen molar-refractivity contribution in [2.24, 2.45) is 7.05 Å². The topological polar surface area (TPSA) is 7.76 Å². The standard InChI is InChI=1S/C17H20N2S/c1-10-8-18(5)16-14(12(10)3)6-7-15-13(4)11(2)9-19(20)17(15)16/h6-9,20H,1-5H3/q+2. The van der Waals surface area contributed by atoms with Crippen molar-refractivity contribution in [2.75, 3.05) is 0 Å². The largest absolute Gasteiger partial charge is 0.298 e. The van der Waals surface area contributed by atoms with Gasteiger partial charge in [0.25, 0.3) is 11.0 Å². The zero-order chi connectivity index (χ0) is 14.6. The zero-order valence-electron chi connectivity index (χ0n) is 12.7. The van der Waals surface area contributed by atoms with Gasteiger partial charge in [-0.1, -0.05) is 0 Å². The van der Waals surface area contributed by atoms with Crippen LogP contribution in [0.3, 0.4) is 0 Å². The number of nitrogens with zero attached hydrogens (tertiary/aromatic N) is 2. The van der Waals surface area contributed by atoms with Gasteiger partial charge in [-0.25, -0.2) is 0 Å². The van der Waals surface area contributed by atoms with E-state index >= 15 is 0 Å². The lowest BCUT2D eigenvalue weighted by Crippen LogP contribution is -2.33. The number of thiol groups is 1. The third kappa shape index (κ3) is 1.73. The minimum Gasteiger partial charge on any atom is -0.195 e. The summed E-state index contributed by atoms with van der Waals surface area (Å²) in [6.45, 7) is 8.66. The number of aryl methyl sites for hydroxylation is 5. The fourth-order valence-corrected chi connectivity index (χ4v) is 3.37. The quantitative estimate of drug-likeness (QED) is 0.369.